The number of benzene rings is 1. The van der Waals surface area contributed by atoms with Crippen molar-refractivity contribution in [2.24, 2.45) is 0 Å². The fraction of sp³-hybridized carbons (Fsp3) is 0.231. The van der Waals surface area contributed by atoms with Crippen LogP contribution in [0.5, 0.6) is 0 Å². The van der Waals surface area contributed by atoms with Gasteiger partial charge in [-0.1, -0.05) is 34.1 Å². The van der Waals surface area contributed by atoms with Gasteiger partial charge in [-0.25, -0.2) is 0 Å². The summed E-state index contributed by atoms with van der Waals surface area (Å²) < 4.78 is 2.12. The van der Waals surface area contributed by atoms with Crippen LogP contribution in [0.4, 0.5) is 0 Å². The topological polar surface area (TPSA) is 20.2 Å². The van der Waals surface area contributed by atoms with Crippen molar-refractivity contribution in [1.29, 1.82) is 0 Å². The molecule has 1 heterocycles. The number of thiophene rings is 1. The van der Waals surface area contributed by atoms with E-state index in [-0.39, 0.29) is 0 Å². The lowest BCUT2D eigenvalue weighted by molar-refractivity contribution is 0.182. The first-order valence-electron chi connectivity index (χ1n) is 5.25. The van der Waals surface area contributed by atoms with Gasteiger partial charge in [0, 0.05) is 25.1 Å². The van der Waals surface area contributed by atoms with Gasteiger partial charge in [-0.15, -0.1) is 11.3 Å². The van der Waals surface area contributed by atoms with E-state index in [2.05, 4.69) is 31.9 Å². The number of aryl methyl sites for hydroxylation is 1. The summed E-state index contributed by atoms with van der Waals surface area (Å²) in [5, 5.41) is 10.2. The maximum absolute atomic E-state index is 10.2. The van der Waals surface area contributed by atoms with Crippen molar-refractivity contribution in [1.82, 2.24) is 0 Å². The van der Waals surface area contributed by atoms with Crippen molar-refractivity contribution in [3.63, 3.8) is 0 Å². The Kier molecular flexibility index (Phi) is 4.42. The lowest BCUT2D eigenvalue weighted by atomic mass is 10.1. The standard InChI is InChI=1S/C13H12Br2OS/c1-8-11(15)7-13(17-8)12(16)6-9-4-2-3-5-10(9)14/h2-5,7,12,16H,6H2,1H3. The Labute approximate surface area is 122 Å². The highest BCUT2D eigenvalue weighted by atomic mass is 79.9. The van der Waals surface area contributed by atoms with Gasteiger partial charge in [0.15, 0.2) is 0 Å². The molecule has 0 radical (unpaired) electrons. The second-order valence-corrected chi connectivity index (χ2v) is 6.86. The lowest BCUT2D eigenvalue weighted by Crippen LogP contribution is -2.00. The van der Waals surface area contributed by atoms with E-state index in [9.17, 15) is 5.11 Å². The van der Waals surface area contributed by atoms with E-state index < -0.39 is 6.10 Å². The Balaban J connectivity index is 2.17. The van der Waals surface area contributed by atoms with Crippen molar-refractivity contribution in [2.45, 2.75) is 19.4 Å². The first-order chi connectivity index (χ1) is 8.08. The molecule has 0 aliphatic rings. The van der Waals surface area contributed by atoms with Gasteiger partial charge < -0.3 is 5.11 Å². The highest BCUT2D eigenvalue weighted by Crippen LogP contribution is 2.33. The zero-order chi connectivity index (χ0) is 12.4. The molecule has 1 N–H and O–H groups in total. The first-order valence-corrected chi connectivity index (χ1v) is 7.65. The smallest absolute Gasteiger partial charge is 0.0923 e. The van der Waals surface area contributed by atoms with Crippen LogP contribution in [0.15, 0.2) is 39.3 Å². The third-order valence-corrected chi connectivity index (χ3v) is 5.59. The average molecular weight is 376 g/mol. The van der Waals surface area contributed by atoms with Crippen LogP contribution >= 0.6 is 43.2 Å². The summed E-state index contributed by atoms with van der Waals surface area (Å²) in [4.78, 5) is 2.20. The van der Waals surface area contributed by atoms with Crippen molar-refractivity contribution < 1.29 is 5.11 Å². The zero-order valence-corrected chi connectivity index (χ0v) is 13.3. The summed E-state index contributed by atoms with van der Waals surface area (Å²) in [6.07, 6.45) is 0.192. The Hall–Kier alpha value is -0.160. The number of halogens is 2. The number of aliphatic hydroxyl groups is 1. The van der Waals surface area contributed by atoms with Gasteiger partial charge in [0.25, 0.3) is 0 Å². The van der Waals surface area contributed by atoms with Gasteiger partial charge in [0.1, 0.15) is 0 Å². The summed E-state index contributed by atoms with van der Waals surface area (Å²) in [6.45, 7) is 2.05. The predicted molar refractivity (Wildman–Crippen MR) is 79.6 cm³/mol. The normalized spacial score (nSPS) is 12.7. The van der Waals surface area contributed by atoms with Gasteiger partial charge in [-0.2, -0.15) is 0 Å². The van der Waals surface area contributed by atoms with E-state index in [0.717, 1.165) is 19.4 Å². The third-order valence-electron chi connectivity index (χ3n) is 2.58. The molecule has 0 amide bonds. The van der Waals surface area contributed by atoms with E-state index in [4.69, 9.17) is 0 Å². The molecular weight excluding hydrogens is 364 g/mol. The minimum absolute atomic E-state index is 0.441. The molecular formula is C13H12Br2OS. The second-order valence-electron chi connectivity index (χ2n) is 3.86. The molecule has 0 aliphatic carbocycles. The molecule has 1 atom stereocenters. The predicted octanol–water partition coefficient (Wildman–Crippen LogP) is 4.86. The number of aliphatic hydroxyl groups excluding tert-OH is 1. The van der Waals surface area contributed by atoms with E-state index in [1.807, 2.05) is 37.3 Å². The fourth-order valence-electron chi connectivity index (χ4n) is 1.62. The molecule has 0 saturated carbocycles. The number of rotatable bonds is 3. The van der Waals surface area contributed by atoms with Crippen LogP contribution in [-0.4, -0.2) is 5.11 Å². The van der Waals surface area contributed by atoms with Gasteiger partial charge in [-0.3, -0.25) is 0 Å². The molecule has 0 saturated heterocycles. The Morgan fingerprint density at radius 1 is 1.24 bits per heavy atom. The Bertz CT molecular complexity index is 502. The first kappa shape index (κ1) is 13.3. The molecule has 0 fully saturated rings. The van der Waals surface area contributed by atoms with Crippen molar-refractivity contribution in [3.05, 3.63) is 54.6 Å². The van der Waals surface area contributed by atoms with Crippen LogP contribution in [-0.2, 0) is 6.42 Å². The maximum Gasteiger partial charge on any atom is 0.0923 e. The highest BCUT2D eigenvalue weighted by Gasteiger charge is 2.14. The highest BCUT2D eigenvalue weighted by molar-refractivity contribution is 9.10. The SMILES string of the molecule is Cc1sc(C(O)Cc2ccccc2Br)cc1Br. The molecule has 17 heavy (non-hydrogen) atoms. The van der Waals surface area contributed by atoms with Gasteiger partial charge >= 0.3 is 0 Å². The molecule has 0 aliphatic heterocycles. The van der Waals surface area contributed by atoms with Gasteiger partial charge in [0.2, 0.25) is 0 Å². The monoisotopic (exact) mass is 374 g/mol. The van der Waals surface area contributed by atoms with Crippen LogP contribution in [0, 0.1) is 6.92 Å². The summed E-state index contributed by atoms with van der Waals surface area (Å²) >= 11 is 8.61. The van der Waals surface area contributed by atoms with Crippen LogP contribution < -0.4 is 0 Å². The molecule has 90 valence electrons. The summed E-state index contributed by atoms with van der Waals surface area (Å²) in [6, 6.07) is 10.00. The van der Waals surface area contributed by atoms with Crippen LogP contribution in [0.2, 0.25) is 0 Å². The zero-order valence-electron chi connectivity index (χ0n) is 9.28. The van der Waals surface area contributed by atoms with Crippen molar-refractivity contribution in [3.8, 4) is 0 Å². The summed E-state index contributed by atoms with van der Waals surface area (Å²) in [5.74, 6) is 0. The van der Waals surface area contributed by atoms with Crippen LogP contribution in [0.25, 0.3) is 0 Å². The fourth-order valence-corrected chi connectivity index (χ4v) is 3.61. The molecule has 4 heteroatoms. The molecule has 0 bridgehead atoms. The minimum atomic E-state index is -0.441. The van der Waals surface area contributed by atoms with Gasteiger partial charge in [0.05, 0.1) is 6.10 Å². The molecule has 2 aromatic rings. The average Bonchev–Trinajstić information content (AvgIpc) is 2.63. The van der Waals surface area contributed by atoms with Gasteiger partial charge in [-0.05, 0) is 40.5 Å². The molecule has 1 aromatic carbocycles. The van der Waals surface area contributed by atoms with Crippen molar-refractivity contribution >= 4 is 43.2 Å². The summed E-state index contributed by atoms with van der Waals surface area (Å²) in [5.41, 5.74) is 1.13. The second kappa shape index (κ2) is 5.65. The van der Waals surface area contributed by atoms with E-state index >= 15 is 0 Å². The van der Waals surface area contributed by atoms with Crippen LogP contribution in [0.1, 0.15) is 21.4 Å². The van der Waals surface area contributed by atoms with E-state index in [1.54, 1.807) is 11.3 Å². The summed E-state index contributed by atoms with van der Waals surface area (Å²) in [7, 11) is 0. The van der Waals surface area contributed by atoms with Crippen molar-refractivity contribution in [2.75, 3.05) is 0 Å². The van der Waals surface area contributed by atoms with E-state index in [1.165, 1.54) is 4.88 Å². The molecule has 1 unspecified atom stereocenters. The van der Waals surface area contributed by atoms with E-state index in [0.29, 0.717) is 6.42 Å². The largest absolute Gasteiger partial charge is 0.387 e. The quantitative estimate of drug-likeness (QED) is 0.812. The minimum Gasteiger partial charge on any atom is -0.387 e. The molecule has 1 nitrogen and oxygen atoms in total. The number of hydrogen-bond acceptors (Lipinski definition) is 2. The maximum atomic E-state index is 10.2. The number of hydrogen-bond donors (Lipinski definition) is 1. The Morgan fingerprint density at radius 3 is 2.53 bits per heavy atom. The molecule has 0 spiro atoms. The lowest BCUT2D eigenvalue weighted by Gasteiger charge is -2.09. The molecule has 1 aromatic heterocycles. The Morgan fingerprint density at radius 2 is 1.94 bits per heavy atom. The third kappa shape index (κ3) is 3.19. The van der Waals surface area contributed by atoms with Crippen LogP contribution in [0.3, 0.4) is 0 Å². The molecule has 2 rings (SSSR count).